The fourth-order valence-electron chi connectivity index (χ4n) is 2.64. The van der Waals surface area contributed by atoms with Crippen molar-refractivity contribution in [2.45, 2.75) is 27.7 Å². The fraction of sp³-hybridized carbons (Fsp3) is 0.286. The third-order valence-corrected chi connectivity index (χ3v) is 4.03. The fourth-order valence-corrected chi connectivity index (χ4v) is 2.64. The molecule has 1 aromatic heterocycles. The van der Waals surface area contributed by atoms with Gasteiger partial charge in [-0.25, -0.2) is 9.59 Å². The van der Waals surface area contributed by atoms with Crippen LogP contribution in [-0.4, -0.2) is 35.9 Å². The van der Waals surface area contributed by atoms with Crippen LogP contribution in [0.3, 0.4) is 0 Å². The number of benzene rings is 1. The summed E-state index contributed by atoms with van der Waals surface area (Å²) in [5, 5.41) is 0. The third-order valence-electron chi connectivity index (χ3n) is 4.03. The van der Waals surface area contributed by atoms with E-state index in [-0.39, 0.29) is 12.3 Å². The van der Waals surface area contributed by atoms with Crippen LogP contribution in [0.4, 0.5) is 0 Å². The highest BCUT2D eigenvalue weighted by Crippen LogP contribution is 2.19. The zero-order valence-corrected chi connectivity index (χ0v) is 15.9. The molecule has 6 heteroatoms. The maximum atomic E-state index is 12.3. The lowest BCUT2D eigenvalue weighted by atomic mass is 10.1. The molecule has 2 rings (SSSR count). The van der Waals surface area contributed by atoms with Crippen molar-refractivity contribution in [1.29, 1.82) is 0 Å². The van der Waals surface area contributed by atoms with E-state index in [4.69, 9.17) is 9.47 Å². The van der Waals surface area contributed by atoms with Crippen molar-refractivity contribution in [2.75, 3.05) is 13.2 Å². The molecule has 1 heterocycles. The molecular weight excluding hydrogens is 346 g/mol. The molecule has 27 heavy (non-hydrogen) atoms. The largest absolute Gasteiger partial charge is 0.462 e. The summed E-state index contributed by atoms with van der Waals surface area (Å²) in [7, 11) is 0. The zero-order valence-electron chi connectivity index (χ0n) is 15.9. The van der Waals surface area contributed by atoms with E-state index in [1.165, 1.54) is 6.08 Å². The van der Waals surface area contributed by atoms with Crippen LogP contribution >= 0.6 is 0 Å². The van der Waals surface area contributed by atoms with Gasteiger partial charge in [-0.05, 0) is 44.9 Å². The Bertz CT molecular complexity index is 875. The molecule has 0 spiro atoms. The summed E-state index contributed by atoms with van der Waals surface area (Å²) in [5.74, 6) is -1.51. The van der Waals surface area contributed by atoms with Crippen LogP contribution in [0.5, 0.6) is 0 Å². The van der Waals surface area contributed by atoms with Gasteiger partial charge in [-0.2, -0.15) is 0 Å². The first-order chi connectivity index (χ1) is 12.8. The van der Waals surface area contributed by atoms with E-state index in [0.29, 0.717) is 16.8 Å². The van der Waals surface area contributed by atoms with Crippen molar-refractivity contribution in [2.24, 2.45) is 0 Å². The normalized spacial score (nSPS) is 10.8. The van der Waals surface area contributed by atoms with E-state index < -0.39 is 24.3 Å². The first-order valence-electron chi connectivity index (χ1n) is 8.64. The number of carbonyl (C=O) groups excluding carboxylic acids is 3. The molecule has 0 fully saturated rings. The van der Waals surface area contributed by atoms with E-state index in [1.807, 2.05) is 31.2 Å². The number of hydrogen-bond acceptors (Lipinski definition) is 5. The molecule has 1 N–H and O–H groups in total. The standard InChI is InChI=1S/C21H23NO5/c1-5-26-21(25)19-14(3)20(22-15(19)4)17(23)12-27-18(24)11-10-16-8-6-13(2)7-9-16/h6-11,22H,5,12H2,1-4H3/b11-10+. The molecule has 0 saturated carbocycles. The Hall–Kier alpha value is -3.15. The lowest BCUT2D eigenvalue weighted by molar-refractivity contribution is -0.136. The van der Waals surface area contributed by atoms with Gasteiger partial charge in [-0.15, -0.1) is 0 Å². The summed E-state index contributed by atoms with van der Waals surface area (Å²) in [4.78, 5) is 39.0. The second-order valence-electron chi connectivity index (χ2n) is 6.12. The molecule has 1 aromatic carbocycles. The molecule has 0 unspecified atom stereocenters. The van der Waals surface area contributed by atoms with Gasteiger partial charge in [-0.1, -0.05) is 29.8 Å². The Morgan fingerprint density at radius 3 is 2.33 bits per heavy atom. The predicted octanol–water partition coefficient (Wildman–Crippen LogP) is 3.56. The Morgan fingerprint density at radius 1 is 1.04 bits per heavy atom. The van der Waals surface area contributed by atoms with Crippen LogP contribution in [-0.2, 0) is 14.3 Å². The lowest BCUT2D eigenvalue weighted by Gasteiger charge is -2.03. The summed E-state index contributed by atoms with van der Waals surface area (Å²) >= 11 is 0. The van der Waals surface area contributed by atoms with Gasteiger partial charge in [0, 0.05) is 11.8 Å². The number of aromatic nitrogens is 1. The molecule has 0 atom stereocenters. The molecule has 0 saturated heterocycles. The number of nitrogens with one attached hydrogen (secondary N) is 1. The molecule has 0 radical (unpaired) electrons. The van der Waals surface area contributed by atoms with E-state index in [9.17, 15) is 14.4 Å². The Morgan fingerprint density at radius 2 is 1.70 bits per heavy atom. The van der Waals surface area contributed by atoms with Gasteiger partial charge in [-0.3, -0.25) is 4.79 Å². The monoisotopic (exact) mass is 369 g/mol. The highest BCUT2D eigenvalue weighted by molar-refractivity contribution is 6.03. The number of H-pyrrole nitrogens is 1. The maximum absolute atomic E-state index is 12.3. The summed E-state index contributed by atoms with van der Waals surface area (Å²) in [6, 6.07) is 7.64. The average molecular weight is 369 g/mol. The molecule has 0 amide bonds. The van der Waals surface area contributed by atoms with Gasteiger partial charge >= 0.3 is 11.9 Å². The number of carbonyl (C=O) groups is 3. The minimum Gasteiger partial charge on any atom is -0.462 e. The number of rotatable bonds is 7. The molecular formula is C21H23NO5. The summed E-state index contributed by atoms with van der Waals surface area (Å²) in [6.07, 6.45) is 2.89. The summed E-state index contributed by atoms with van der Waals surface area (Å²) in [6.45, 7) is 6.86. The third kappa shape index (κ3) is 5.17. The van der Waals surface area contributed by atoms with E-state index >= 15 is 0 Å². The molecule has 0 bridgehead atoms. The minimum absolute atomic E-state index is 0.242. The summed E-state index contributed by atoms with van der Waals surface area (Å²) < 4.78 is 10.0. The van der Waals surface area contributed by atoms with Gasteiger partial charge in [0.1, 0.15) is 0 Å². The molecule has 0 aliphatic carbocycles. The average Bonchev–Trinajstić information content (AvgIpc) is 2.93. The van der Waals surface area contributed by atoms with Crippen LogP contribution in [0.15, 0.2) is 30.3 Å². The Balaban J connectivity index is 1.99. The van der Waals surface area contributed by atoms with Gasteiger partial charge in [0.05, 0.1) is 17.9 Å². The van der Waals surface area contributed by atoms with Crippen molar-refractivity contribution in [3.8, 4) is 0 Å². The number of hydrogen-bond donors (Lipinski definition) is 1. The van der Waals surface area contributed by atoms with Crippen LogP contribution in [0.25, 0.3) is 6.08 Å². The molecule has 0 aliphatic rings. The van der Waals surface area contributed by atoms with Crippen molar-refractivity contribution in [3.05, 3.63) is 64.0 Å². The Labute approximate surface area is 158 Å². The second-order valence-corrected chi connectivity index (χ2v) is 6.12. The van der Waals surface area contributed by atoms with Gasteiger partial charge in [0.2, 0.25) is 5.78 Å². The molecule has 0 aliphatic heterocycles. The van der Waals surface area contributed by atoms with Crippen LogP contribution in [0, 0.1) is 20.8 Å². The molecule has 6 nitrogen and oxygen atoms in total. The smallest absolute Gasteiger partial charge is 0.340 e. The van der Waals surface area contributed by atoms with Crippen molar-refractivity contribution in [3.63, 3.8) is 0 Å². The van der Waals surface area contributed by atoms with Gasteiger partial charge in [0.25, 0.3) is 0 Å². The number of aromatic amines is 1. The Kier molecular flexibility index (Phi) is 6.71. The van der Waals surface area contributed by atoms with Crippen LogP contribution in [0.1, 0.15) is 50.2 Å². The van der Waals surface area contributed by atoms with E-state index in [2.05, 4.69) is 4.98 Å². The summed E-state index contributed by atoms with van der Waals surface area (Å²) in [5.41, 5.74) is 3.59. The van der Waals surface area contributed by atoms with Gasteiger partial charge < -0.3 is 14.5 Å². The van der Waals surface area contributed by atoms with Crippen molar-refractivity contribution < 1.29 is 23.9 Å². The highest BCUT2D eigenvalue weighted by atomic mass is 16.5. The first kappa shape index (κ1) is 20.2. The van der Waals surface area contributed by atoms with E-state index in [0.717, 1.165) is 11.1 Å². The van der Waals surface area contributed by atoms with Crippen LogP contribution in [0.2, 0.25) is 0 Å². The number of ketones is 1. The van der Waals surface area contributed by atoms with Gasteiger partial charge in [0.15, 0.2) is 6.61 Å². The second kappa shape index (κ2) is 8.98. The number of aryl methyl sites for hydroxylation is 2. The maximum Gasteiger partial charge on any atom is 0.340 e. The molecule has 2 aromatic rings. The SMILES string of the molecule is CCOC(=O)c1c(C)[nH]c(C(=O)COC(=O)/C=C/c2ccc(C)cc2)c1C. The number of Topliss-reactive ketones (excluding diaryl/α,β-unsaturated/α-hetero) is 1. The van der Waals surface area contributed by atoms with Crippen molar-refractivity contribution >= 4 is 23.8 Å². The zero-order chi connectivity index (χ0) is 20.0. The predicted molar refractivity (Wildman–Crippen MR) is 102 cm³/mol. The number of esters is 2. The first-order valence-corrected chi connectivity index (χ1v) is 8.64. The molecule has 142 valence electrons. The lowest BCUT2D eigenvalue weighted by Crippen LogP contribution is -2.14. The number of ether oxygens (including phenoxy) is 2. The topological polar surface area (TPSA) is 85.5 Å². The van der Waals surface area contributed by atoms with Crippen molar-refractivity contribution in [1.82, 2.24) is 4.98 Å². The highest BCUT2D eigenvalue weighted by Gasteiger charge is 2.23. The quantitative estimate of drug-likeness (QED) is 0.458. The van der Waals surface area contributed by atoms with E-state index in [1.54, 1.807) is 26.8 Å². The minimum atomic E-state index is -0.615. The van der Waals surface area contributed by atoms with Crippen LogP contribution < -0.4 is 0 Å².